The van der Waals surface area contributed by atoms with E-state index in [4.69, 9.17) is 11.5 Å². The van der Waals surface area contributed by atoms with Crippen molar-refractivity contribution in [2.75, 3.05) is 18.8 Å². The lowest BCUT2D eigenvalue weighted by atomic mass is 9.94. The van der Waals surface area contributed by atoms with Gasteiger partial charge in [0.1, 0.15) is 11.6 Å². The fourth-order valence-electron chi connectivity index (χ4n) is 3.47. The van der Waals surface area contributed by atoms with Crippen LogP contribution in [0.5, 0.6) is 5.75 Å². The van der Waals surface area contributed by atoms with Crippen LogP contribution < -0.4 is 11.5 Å². The number of benzene rings is 1. The Morgan fingerprint density at radius 1 is 1.38 bits per heavy atom. The molecule has 1 aliphatic heterocycles. The van der Waals surface area contributed by atoms with Crippen LogP contribution in [0.15, 0.2) is 43.0 Å². The van der Waals surface area contributed by atoms with Crippen molar-refractivity contribution >= 4 is 23.5 Å². The normalized spacial score (nSPS) is 20.3. The SMILES string of the molecule is C=CC(=O)N1CC(C)C(c2cc(/C=C(\N)c3ccccc3O)c(N)[nH]2)C1. The number of hydrogen-bond donors (Lipinski definition) is 4. The third-order valence-corrected chi connectivity index (χ3v) is 4.93. The Labute approximate surface area is 152 Å². The van der Waals surface area contributed by atoms with Crippen molar-refractivity contribution < 1.29 is 9.90 Å². The highest BCUT2D eigenvalue weighted by molar-refractivity contribution is 5.87. The van der Waals surface area contributed by atoms with Crippen LogP contribution >= 0.6 is 0 Å². The molecule has 0 bridgehead atoms. The second-order valence-electron chi connectivity index (χ2n) is 6.74. The van der Waals surface area contributed by atoms with Crippen molar-refractivity contribution in [3.05, 3.63) is 59.8 Å². The second kappa shape index (κ2) is 7.00. The molecular formula is C20H24N4O2. The number of para-hydroxylation sites is 1. The molecule has 1 amide bonds. The lowest BCUT2D eigenvalue weighted by Gasteiger charge is -2.13. The van der Waals surface area contributed by atoms with Gasteiger partial charge in [0, 0.05) is 41.5 Å². The number of phenols is 1. The first-order chi connectivity index (χ1) is 12.4. The Morgan fingerprint density at radius 2 is 2.12 bits per heavy atom. The molecule has 1 saturated heterocycles. The fraction of sp³-hybridized carbons (Fsp3) is 0.250. The molecule has 6 nitrogen and oxygen atoms in total. The number of aromatic nitrogens is 1. The smallest absolute Gasteiger partial charge is 0.245 e. The molecule has 6 heteroatoms. The van der Waals surface area contributed by atoms with Crippen LogP contribution in [0.25, 0.3) is 11.8 Å². The summed E-state index contributed by atoms with van der Waals surface area (Å²) in [5.41, 5.74) is 15.0. The number of aromatic amines is 1. The van der Waals surface area contributed by atoms with Gasteiger partial charge in [-0.05, 0) is 36.3 Å². The molecule has 0 spiro atoms. The number of rotatable bonds is 4. The number of hydrogen-bond acceptors (Lipinski definition) is 4. The lowest BCUT2D eigenvalue weighted by Crippen LogP contribution is -2.26. The highest BCUT2D eigenvalue weighted by Crippen LogP contribution is 2.34. The molecule has 0 saturated carbocycles. The van der Waals surface area contributed by atoms with Crippen LogP contribution in [-0.2, 0) is 4.79 Å². The van der Waals surface area contributed by atoms with E-state index in [1.165, 1.54) is 6.08 Å². The van der Waals surface area contributed by atoms with E-state index in [-0.39, 0.29) is 17.6 Å². The maximum Gasteiger partial charge on any atom is 0.245 e. The third kappa shape index (κ3) is 3.31. The minimum absolute atomic E-state index is 0.0530. The van der Waals surface area contributed by atoms with Crippen LogP contribution in [0.2, 0.25) is 0 Å². The number of nitrogens with zero attached hydrogens (tertiary/aromatic N) is 1. The van der Waals surface area contributed by atoms with Crippen LogP contribution in [0.4, 0.5) is 5.82 Å². The molecule has 0 aliphatic carbocycles. The van der Waals surface area contributed by atoms with Gasteiger partial charge in [0.15, 0.2) is 0 Å². The van der Waals surface area contributed by atoms with Crippen LogP contribution in [-0.4, -0.2) is 34.0 Å². The van der Waals surface area contributed by atoms with Crippen molar-refractivity contribution in [3.63, 3.8) is 0 Å². The van der Waals surface area contributed by atoms with Gasteiger partial charge < -0.3 is 26.5 Å². The zero-order valence-electron chi connectivity index (χ0n) is 14.8. The van der Waals surface area contributed by atoms with E-state index < -0.39 is 0 Å². The lowest BCUT2D eigenvalue weighted by molar-refractivity contribution is -0.125. The van der Waals surface area contributed by atoms with Crippen molar-refractivity contribution in [1.82, 2.24) is 9.88 Å². The zero-order chi connectivity index (χ0) is 18.8. The Balaban J connectivity index is 1.86. The van der Waals surface area contributed by atoms with Gasteiger partial charge in [0.05, 0.1) is 0 Å². The molecule has 0 radical (unpaired) electrons. The van der Waals surface area contributed by atoms with Gasteiger partial charge in [-0.15, -0.1) is 0 Å². The molecule has 2 aromatic rings. The van der Waals surface area contributed by atoms with Crippen molar-refractivity contribution in [3.8, 4) is 5.75 Å². The van der Waals surface area contributed by atoms with E-state index in [9.17, 15) is 9.90 Å². The summed E-state index contributed by atoms with van der Waals surface area (Å²) in [6.45, 7) is 6.99. The van der Waals surface area contributed by atoms with Crippen LogP contribution in [0.3, 0.4) is 0 Å². The first kappa shape index (κ1) is 17.7. The fourth-order valence-corrected chi connectivity index (χ4v) is 3.47. The summed E-state index contributed by atoms with van der Waals surface area (Å²) in [6, 6.07) is 8.86. The largest absolute Gasteiger partial charge is 0.507 e. The van der Waals surface area contributed by atoms with Crippen LogP contribution in [0, 0.1) is 5.92 Å². The van der Waals surface area contributed by atoms with Crippen molar-refractivity contribution in [2.45, 2.75) is 12.8 Å². The molecule has 1 aromatic carbocycles. The van der Waals surface area contributed by atoms with Crippen molar-refractivity contribution in [2.24, 2.45) is 11.7 Å². The van der Waals surface area contributed by atoms with Gasteiger partial charge in [0.2, 0.25) is 5.91 Å². The van der Waals surface area contributed by atoms with Gasteiger partial charge in [-0.3, -0.25) is 4.79 Å². The molecule has 2 atom stereocenters. The number of nitrogens with two attached hydrogens (primary N) is 2. The Hall–Kier alpha value is -3.15. The van der Waals surface area contributed by atoms with Crippen LogP contribution in [0.1, 0.15) is 29.7 Å². The van der Waals surface area contributed by atoms with E-state index in [1.807, 2.05) is 12.1 Å². The van der Waals surface area contributed by atoms with E-state index in [2.05, 4.69) is 18.5 Å². The van der Waals surface area contributed by atoms with E-state index in [0.717, 1.165) is 11.3 Å². The standard InChI is InChI=1S/C20H24N4O2/c1-3-19(26)24-10-12(2)15(11-24)17-9-13(20(22)23-17)8-16(21)14-6-4-5-7-18(14)25/h3-9,12,15,23,25H,1,10-11,21-22H2,2H3/b16-8-. The third-order valence-electron chi connectivity index (χ3n) is 4.93. The average molecular weight is 352 g/mol. The van der Waals surface area contributed by atoms with Gasteiger partial charge in [0.25, 0.3) is 0 Å². The molecule has 3 rings (SSSR count). The van der Waals surface area contributed by atoms with E-state index in [0.29, 0.717) is 36.1 Å². The van der Waals surface area contributed by atoms with E-state index in [1.54, 1.807) is 29.2 Å². The number of nitrogen functional groups attached to an aromatic ring is 1. The predicted molar refractivity (Wildman–Crippen MR) is 104 cm³/mol. The number of carbonyl (C=O) groups excluding carboxylic acids is 1. The molecule has 26 heavy (non-hydrogen) atoms. The van der Waals surface area contributed by atoms with Gasteiger partial charge in [-0.1, -0.05) is 25.6 Å². The molecular weight excluding hydrogens is 328 g/mol. The van der Waals surface area contributed by atoms with Crippen molar-refractivity contribution in [1.29, 1.82) is 0 Å². The average Bonchev–Trinajstić information content (AvgIpc) is 3.17. The highest BCUT2D eigenvalue weighted by Gasteiger charge is 2.33. The summed E-state index contributed by atoms with van der Waals surface area (Å²) in [7, 11) is 0. The topological polar surface area (TPSA) is 108 Å². The number of likely N-dealkylation sites (tertiary alicyclic amines) is 1. The van der Waals surface area contributed by atoms with Gasteiger partial charge >= 0.3 is 0 Å². The summed E-state index contributed by atoms with van der Waals surface area (Å²) >= 11 is 0. The molecule has 136 valence electrons. The number of nitrogens with one attached hydrogen (secondary N) is 1. The quantitative estimate of drug-likeness (QED) is 0.634. The van der Waals surface area contributed by atoms with E-state index >= 15 is 0 Å². The number of amides is 1. The highest BCUT2D eigenvalue weighted by atomic mass is 16.3. The Morgan fingerprint density at radius 3 is 2.81 bits per heavy atom. The second-order valence-corrected chi connectivity index (χ2v) is 6.74. The summed E-state index contributed by atoms with van der Waals surface area (Å²) in [4.78, 5) is 16.9. The molecule has 6 N–H and O–H groups in total. The number of aromatic hydroxyl groups is 1. The number of anilines is 1. The summed E-state index contributed by atoms with van der Waals surface area (Å²) in [6.07, 6.45) is 3.09. The summed E-state index contributed by atoms with van der Waals surface area (Å²) < 4.78 is 0. The predicted octanol–water partition coefficient (Wildman–Crippen LogP) is 2.51. The summed E-state index contributed by atoms with van der Waals surface area (Å²) in [5, 5.41) is 9.94. The minimum Gasteiger partial charge on any atom is -0.507 e. The monoisotopic (exact) mass is 352 g/mol. The zero-order valence-corrected chi connectivity index (χ0v) is 14.8. The number of phenolic OH excluding ortho intramolecular Hbond substituents is 1. The molecule has 1 aliphatic rings. The minimum atomic E-state index is -0.0530. The first-order valence-electron chi connectivity index (χ1n) is 8.56. The molecule has 2 heterocycles. The Kier molecular flexibility index (Phi) is 4.75. The number of H-pyrrole nitrogens is 1. The maximum absolute atomic E-state index is 11.9. The molecule has 1 aromatic heterocycles. The molecule has 2 unspecified atom stereocenters. The van der Waals surface area contributed by atoms with Gasteiger partial charge in [-0.25, -0.2) is 0 Å². The Bertz CT molecular complexity index is 868. The first-order valence-corrected chi connectivity index (χ1v) is 8.56. The maximum atomic E-state index is 11.9. The number of carbonyl (C=O) groups is 1. The summed E-state index contributed by atoms with van der Waals surface area (Å²) in [5.74, 6) is 1.07. The molecule has 1 fully saturated rings. The van der Waals surface area contributed by atoms with Gasteiger partial charge in [-0.2, -0.15) is 0 Å².